The van der Waals surface area contributed by atoms with Crippen molar-refractivity contribution in [2.24, 2.45) is 0 Å². The van der Waals surface area contributed by atoms with Crippen molar-refractivity contribution in [1.82, 2.24) is 0 Å². The Morgan fingerprint density at radius 3 is 2.44 bits per heavy atom. The van der Waals surface area contributed by atoms with Crippen LogP contribution < -0.4 is 0 Å². The maximum Gasteiger partial charge on any atom is 0.342 e. The average Bonchev–Trinajstić information content (AvgIpc) is 2.25. The fraction of sp³-hybridized carbons (Fsp3) is 0.429. The van der Waals surface area contributed by atoms with Crippen molar-refractivity contribution in [3.8, 4) is 5.75 Å². The van der Waals surface area contributed by atoms with E-state index >= 15 is 0 Å². The zero-order valence-electron chi connectivity index (χ0n) is 11.1. The minimum absolute atomic E-state index is 0.0569. The molecular weight excluding hydrogens is 232 g/mol. The van der Waals surface area contributed by atoms with Crippen LogP contribution in [0.4, 0.5) is 0 Å². The first-order chi connectivity index (χ1) is 8.34. The van der Waals surface area contributed by atoms with Crippen molar-refractivity contribution >= 4 is 11.8 Å². The van der Waals surface area contributed by atoms with Crippen LogP contribution in [0.1, 0.15) is 48.2 Å². The summed E-state index contributed by atoms with van der Waals surface area (Å²) in [5.41, 5.74) is 1.46. The highest BCUT2D eigenvalue weighted by molar-refractivity contribution is 5.95. The molecule has 0 aliphatic heterocycles. The molecule has 0 amide bonds. The summed E-state index contributed by atoms with van der Waals surface area (Å²) in [5, 5.41) is 10.1. The van der Waals surface area contributed by atoms with Crippen LogP contribution in [-0.2, 0) is 9.53 Å². The van der Waals surface area contributed by atoms with Crippen molar-refractivity contribution < 1.29 is 19.4 Å². The molecule has 0 radical (unpaired) electrons. The number of aryl methyl sites for hydroxylation is 1. The third-order valence-corrected chi connectivity index (χ3v) is 2.65. The zero-order valence-corrected chi connectivity index (χ0v) is 11.1. The smallest absolute Gasteiger partial charge is 0.342 e. The van der Waals surface area contributed by atoms with Gasteiger partial charge in [-0.1, -0.05) is 26.0 Å². The molecule has 98 valence electrons. The molecule has 1 N–H and O–H groups in total. The van der Waals surface area contributed by atoms with Crippen LogP contribution in [-0.4, -0.2) is 23.5 Å². The number of rotatable bonds is 4. The van der Waals surface area contributed by atoms with Gasteiger partial charge in [-0.3, -0.25) is 4.79 Å². The first-order valence-electron chi connectivity index (χ1n) is 5.83. The summed E-state index contributed by atoms with van der Waals surface area (Å²) >= 11 is 0. The first kappa shape index (κ1) is 14.2. The Balaban J connectivity index is 3.11. The molecule has 0 heterocycles. The van der Waals surface area contributed by atoms with Gasteiger partial charge in [-0.15, -0.1) is 0 Å². The summed E-state index contributed by atoms with van der Waals surface area (Å²) in [5.74, 6) is -0.855. The standard InChI is InChI=1S/C14H18O4/c1-8(2)11-6-5-9(3)12(13(11)16)14(17)18-7-10(4)15/h5-6,8,16H,7H2,1-4H3. The third-order valence-electron chi connectivity index (χ3n) is 2.65. The number of Topliss-reactive ketones (excluding diaryl/α,β-unsaturated/α-hetero) is 1. The molecule has 0 fully saturated rings. The van der Waals surface area contributed by atoms with Gasteiger partial charge in [0, 0.05) is 0 Å². The van der Waals surface area contributed by atoms with Crippen molar-refractivity contribution in [3.63, 3.8) is 0 Å². The molecule has 0 bridgehead atoms. The Kier molecular flexibility index (Phi) is 4.48. The fourth-order valence-corrected chi connectivity index (χ4v) is 1.67. The van der Waals surface area contributed by atoms with Gasteiger partial charge in [0.15, 0.2) is 5.78 Å². The van der Waals surface area contributed by atoms with Crippen LogP contribution in [0.5, 0.6) is 5.75 Å². The number of phenols is 1. The van der Waals surface area contributed by atoms with Gasteiger partial charge in [0.05, 0.1) is 0 Å². The maximum atomic E-state index is 11.8. The van der Waals surface area contributed by atoms with E-state index in [1.165, 1.54) is 6.92 Å². The monoisotopic (exact) mass is 250 g/mol. The van der Waals surface area contributed by atoms with E-state index < -0.39 is 5.97 Å². The molecule has 4 nitrogen and oxygen atoms in total. The highest BCUT2D eigenvalue weighted by atomic mass is 16.5. The van der Waals surface area contributed by atoms with E-state index in [4.69, 9.17) is 4.74 Å². The second kappa shape index (κ2) is 5.67. The van der Waals surface area contributed by atoms with Gasteiger partial charge in [-0.25, -0.2) is 4.79 Å². The maximum absolute atomic E-state index is 11.8. The molecule has 1 aromatic rings. The van der Waals surface area contributed by atoms with E-state index in [0.717, 1.165) is 0 Å². The van der Waals surface area contributed by atoms with E-state index in [1.54, 1.807) is 19.1 Å². The summed E-state index contributed by atoms with van der Waals surface area (Å²) in [6, 6.07) is 3.55. The number of ether oxygens (including phenoxy) is 1. The Hall–Kier alpha value is -1.84. The summed E-state index contributed by atoms with van der Waals surface area (Å²) in [4.78, 5) is 22.6. The number of benzene rings is 1. The molecule has 0 saturated carbocycles. The number of carbonyl (C=O) groups excluding carboxylic acids is 2. The minimum atomic E-state index is -0.664. The number of ketones is 1. The highest BCUT2D eigenvalue weighted by Crippen LogP contribution is 2.31. The quantitative estimate of drug-likeness (QED) is 0.834. The van der Waals surface area contributed by atoms with Gasteiger partial charge < -0.3 is 9.84 Å². The van der Waals surface area contributed by atoms with Crippen molar-refractivity contribution in [1.29, 1.82) is 0 Å². The lowest BCUT2D eigenvalue weighted by molar-refractivity contribution is -0.120. The number of phenolic OH excluding ortho intramolecular Hbond substituents is 1. The summed E-state index contributed by atoms with van der Waals surface area (Å²) in [6.07, 6.45) is 0. The molecule has 4 heteroatoms. The van der Waals surface area contributed by atoms with Crippen molar-refractivity contribution in [3.05, 3.63) is 28.8 Å². The molecule has 0 aromatic heterocycles. The molecule has 1 aromatic carbocycles. The molecule has 0 spiro atoms. The van der Waals surface area contributed by atoms with Gasteiger partial charge in [0.25, 0.3) is 0 Å². The SMILES string of the molecule is CC(=O)COC(=O)c1c(C)ccc(C(C)C)c1O. The number of aromatic hydroxyl groups is 1. The Morgan fingerprint density at radius 1 is 1.33 bits per heavy atom. The number of carbonyl (C=O) groups is 2. The van der Waals surface area contributed by atoms with E-state index in [1.807, 2.05) is 13.8 Å². The molecule has 0 aliphatic carbocycles. The van der Waals surface area contributed by atoms with Gasteiger partial charge in [0.1, 0.15) is 17.9 Å². The Labute approximate surface area is 107 Å². The fourth-order valence-electron chi connectivity index (χ4n) is 1.67. The predicted octanol–water partition coefficient (Wildman–Crippen LogP) is 2.57. The highest BCUT2D eigenvalue weighted by Gasteiger charge is 2.20. The average molecular weight is 250 g/mol. The molecule has 18 heavy (non-hydrogen) atoms. The van der Waals surface area contributed by atoms with E-state index in [2.05, 4.69) is 0 Å². The van der Waals surface area contributed by atoms with Gasteiger partial charge >= 0.3 is 5.97 Å². The van der Waals surface area contributed by atoms with Crippen LogP contribution in [0.25, 0.3) is 0 Å². The van der Waals surface area contributed by atoms with E-state index in [0.29, 0.717) is 11.1 Å². The van der Waals surface area contributed by atoms with Crippen LogP contribution in [0.3, 0.4) is 0 Å². The van der Waals surface area contributed by atoms with E-state index in [9.17, 15) is 14.7 Å². The lowest BCUT2D eigenvalue weighted by Gasteiger charge is -2.14. The Bertz CT molecular complexity index is 475. The Morgan fingerprint density at radius 2 is 1.94 bits per heavy atom. The van der Waals surface area contributed by atoms with Crippen LogP contribution in [0, 0.1) is 6.92 Å². The van der Waals surface area contributed by atoms with Gasteiger partial charge in [-0.05, 0) is 30.9 Å². The predicted molar refractivity (Wildman–Crippen MR) is 67.9 cm³/mol. The van der Waals surface area contributed by atoms with Gasteiger partial charge in [0.2, 0.25) is 0 Å². The molecule has 0 aliphatic rings. The van der Waals surface area contributed by atoms with Crippen LogP contribution >= 0.6 is 0 Å². The van der Waals surface area contributed by atoms with Crippen LogP contribution in [0.15, 0.2) is 12.1 Å². The normalized spacial score (nSPS) is 10.5. The number of hydrogen-bond acceptors (Lipinski definition) is 4. The lowest BCUT2D eigenvalue weighted by Crippen LogP contribution is -2.13. The summed E-state index contributed by atoms with van der Waals surface area (Å²) in [7, 11) is 0. The van der Waals surface area contributed by atoms with Crippen LogP contribution in [0.2, 0.25) is 0 Å². The first-order valence-corrected chi connectivity index (χ1v) is 5.83. The van der Waals surface area contributed by atoms with Crippen molar-refractivity contribution in [2.45, 2.75) is 33.6 Å². The topological polar surface area (TPSA) is 63.6 Å². The minimum Gasteiger partial charge on any atom is -0.507 e. The second-order valence-electron chi connectivity index (χ2n) is 4.63. The molecule has 0 saturated heterocycles. The number of esters is 1. The van der Waals surface area contributed by atoms with Gasteiger partial charge in [-0.2, -0.15) is 0 Å². The van der Waals surface area contributed by atoms with E-state index in [-0.39, 0.29) is 29.6 Å². The second-order valence-corrected chi connectivity index (χ2v) is 4.63. The number of hydrogen-bond donors (Lipinski definition) is 1. The molecule has 0 unspecified atom stereocenters. The third kappa shape index (κ3) is 3.09. The molecular formula is C14H18O4. The largest absolute Gasteiger partial charge is 0.507 e. The molecule has 1 rings (SSSR count). The summed E-state index contributed by atoms with van der Waals surface area (Å²) < 4.78 is 4.84. The zero-order chi connectivity index (χ0) is 13.9. The van der Waals surface area contributed by atoms with Crippen molar-refractivity contribution in [2.75, 3.05) is 6.61 Å². The molecule has 0 atom stereocenters. The lowest BCUT2D eigenvalue weighted by atomic mass is 9.96. The summed E-state index contributed by atoms with van der Waals surface area (Å²) in [6.45, 7) is 6.63.